The van der Waals surface area contributed by atoms with Crippen molar-refractivity contribution in [2.45, 2.75) is 0 Å². The van der Waals surface area contributed by atoms with Gasteiger partial charge in [0.2, 0.25) is 5.95 Å². The zero-order valence-corrected chi connectivity index (χ0v) is 9.71. The summed E-state index contributed by atoms with van der Waals surface area (Å²) in [5.41, 5.74) is 2.20. The highest BCUT2D eigenvalue weighted by atomic mass is 16.1. The SMILES string of the molecule is Cn1cc(C(=O)Nc2nc3ccccc3[nH]2)cn1. The van der Waals surface area contributed by atoms with Crippen molar-refractivity contribution in [3.05, 3.63) is 42.2 Å². The van der Waals surface area contributed by atoms with Gasteiger partial charge in [0.25, 0.3) is 5.91 Å². The van der Waals surface area contributed by atoms with Crippen LogP contribution in [0, 0.1) is 0 Å². The van der Waals surface area contributed by atoms with Gasteiger partial charge in [0.15, 0.2) is 0 Å². The second-order valence-corrected chi connectivity index (χ2v) is 3.96. The summed E-state index contributed by atoms with van der Waals surface area (Å²) in [4.78, 5) is 19.2. The zero-order chi connectivity index (χ0) is 12.5. The van der Waals surface area contributed by atoms with Crippen molar-refractivity contribution < 1.29 is 4.79 Å². The Bertz CT molecular complexity index is 679. The van der Waals surface area contributed by atoms with Gasteiger partial charge in [-0.15, -0.1) is 0 Å². The fourth-order valence-corrected chi connectivity index (χ4v) is 1.73. The summed E-state index contributed by atoms with van der Waals surface area (Å²) in [7, 11) is 1.76. The number of H-pyrrole nitrogens is 1. The molecule has 0 aliphatic heterocycles. The van der Waals surface area contributed by atoms with Crippen LogP contribution >= 0.6 is 0 Å². The van der Waals surface area contributed by atoms with E-state index in [1.807, 2.05) is 24.3 Å². The Morgan fingerprint density at radius 2 is 2.22 bits per heavy atom. The van der Waals surface area contributed by atoms with Crippen LogP contribution in [0.3, 0.4) is 0 Å². The number of amides is 1. The number of anilines is 1. The lowest BCUT2D eigenvalue weighted by atomic mass is 10.3. The van der Waals surface area contributed by atoms with Crippen LogP contribution in [0.5, 0.6) is 0 Å². The van der Waals surface area contributed by atoms with Crippen LogP contribution in [0.25, 0.3) is 11.0 Å². The molecule has 1 amide bonds. The number of nitrogens with one attached hydrogen (secondary N) is 2. The van der Waals surface area contributed by atoms with E-state index in [-0.39, 0.29) is 5.91 Å². The fraction of sp³-hybridized carbons (Fsp3) is 0.0833. The molecule has 6 heteroatoms. The Hall–Kier alpha value is -2.63. The molecule has 0 unspecified atom stereocenters. The Morgan fingerprint density at radius 1 is 1.39 bits per heavy atom. The number of benzene rings is 1. The van der Waals surface area contributed by atoms with E-state index in [9.17, 15) is 4.79 Å². The van der Waals surface area contributed by atoms with Gasteiger partial charge in [-0.3, -0.25) is 14.8 Å². The second kappa shape index (κ2) is 3.99. The molecule has 2 heterocycles. The fourth-order valence-electron chi connectivity index (χ4n) is 1.73. The van der Waals surface area contributed by atoms with Crippen LogP contribution in [0.15, 0.2) is 36.7 Å². The summed E-state index contributed by atoms with van der Waals surface area (Å²) >= 11 is 0. The lowest BCUT2D eigenvalue weighted by Gasteiger charge is -1.97. The van der Waals surface area contributed by atoms with Crippen molar-refractivity contribution in [1.29, 1.82) is 0 Å². The molecule has 18 heavy (non-hydrogen) atoms. The number of nitrogens with zero attached hydrogens (tertiary/aromatic N) is 3. The van der Waals surface area contributed by atoms with E-state index >= 15 is 0 Å². The van der Waals surface area contributed by atoms with Gasteiger partial charge in [-0.25, -0.2) is 4.98 Å². The number of carbonyl (C=O) groups excluding carboxylic acids is 1. The molecule has 0 saturated carbocycles. The number of aromatic amines is 1. The van der Waals surface area contributed by atoms with E-state index in [1.165, 1.54) is 6.20 Å². The van der Waals surface area contributed by atoms with Crippen LogP contribution in [0.4, 0.5) is 5.95 Å². The summed E-state index contributed by atoms with van der Waals surface area (Å²) in [6.45, 7) is 0. The standard InChI is InChI=1S/C12H11N5O/c1-17-7-8(6-13-17)11(18)16-12-14-9-4-2-3-5-10(9)15-12/h2-7H,1H3,(H2,14,15,16,18). The Morgan fingerprint density at radius 3 is 2.94 bits per heavy atom. The molecule has 2 N–H and O–H groups in total. The molecule has 0 saturated heterocycles. The highest BCUT2D eigenvalue weighted by Gasteiger charge is 2.10. The van der Waals surface area contributed by atoms with E-state index < -0.39 is 0 Å². The molecule has 3 rings (SSSR count). The summed E-state index contributed by atoms with van der Waals surface area (Å²) in [5, 5.41) is 6.65. The normalized spacial score (nSPS) is 10.7. The monoisotopic (exact) mass is 241 g/mol. The lowest BCUT2D eigenvalue weighted by Crippen LogP contribution is -2.12. The molecule has 0 spiro atoms. The molecule has 1 aromatic carbocycles. The molecule has 0 radical (unpaired) electrons. The molecule has 6 nitrogen and oxygen atoms in total. The van der Waals surface area contributed by atoms with Crippen molar-refractivity contribution in [3.63, 3.8) is 0 Å². The minimum Gasteiger partial charge on any atom is -0.324 e. The largest absolute Gasteiger partial charge is 0.324 e. The molecule has 0 fully saturated rings. The molecule has 0 bridgehead atoms. The molecule has 3 aromatic rings. The predicted molar refractivity (Wildman–Crippen MR) is 67.3 cm³/mol. The van der Waals surface area contributed by atoms with E-state index in [0.29, 0.717) is 11.5 Å². The molecule has 90 valence electrons. The van der Waals surface area contributed by atoms with Gasteiger partial charge in [-0.2, -0.15) is 5.10 Å². The molecular formula is C12H11N5O. The topological polar surface area (TPSA) is 75.6 Å². The number of hydrogen-bond donors (Lipinski definition) is 2. The summed E-state index contributed by atoms with van der Waals surface area (Å²) in [6.07, 6.45) is 3.16. The first-order valence-electron chi connectivity index (χ1n) is 5.47. The maximum Gasteiger partial charge on any atom is 0.261 e. The van der Waals surface area contributed by atoms with Crippen LogP contribution in [0.1, 0.15) is 10.4 Å². The van der Waals surface area contributed by atoms with Gasteiger partial charge < -0.3 is 4.98 Å². The minimum absolute atomic E-state index is 0.234. The lowest BCUT2D eigenvalue weighted by molar-refractivity contribution is 0.102. The maximum atomic E-state index is 11.9. The van der Waals surface area contributed by atoms with E-state index in [1.54, 1.807) is 17.9 Å². The summed E-state index contributed by atoms with van der Waals surface area (Å²) < 4.78 is 1.58. The van der Waals surface area contributed by atoms with Gasteiger partial charge in [0.05, 0.1) is 22.8 Å². The average Bonchev–Trinajstić information content (AvgIpc) is 2.94. The van der Waals surface area contributed by atoms with Gasteiger partial charge in [-0.05, 0) is 12.1 Å². The van der Waals surface area contributed by atoms with Crippen LogP contribution in [0.2, 0.25) is 0 Å². The first-order chi connectivity index (χ1) is 8.72. The molecule has 0 aliphatic rings. The van der Waals surface area contributed by atoms with Crippen LogP contribution in [-0.2, 0) is 7.05 Å². The number of rotatable bonds is 2. The zero-order valence-electron chi connectivity index (χ0n) is 9.71. The van der Waals surface area contributed by atoms with E-state index in [2.05, 4.69) is 20.4 Å². The number of carbonyl (C=O) groups is 1. The predicted octanol–water partition coefficient (Wildman–Crippen LogP) is 1.55. The average molecular weight is 241 g/mol. The van der Waals surface area contributed by atoms with Gasteiger partial charge in [-0.1, -0.05) is 12.1 Å². The van der Waals surface area contributed by atoms with Gasteiger partial charge in [0.1, 0.15) is 0 Å². The number of hydrogen-bond acceptors (Lipinski definition) is 3. The quantitative estimate of drug-likeness (QED) is 0.714. The number of para-hydroxylation sites is 2. The van der Waals surface area contributed by atoms with E-state index in [0.717, 1.165) is 11.0 Å². The highest BCUT2D eigenvalue weighted by Crippen LogP contribution is 2.13. The third-order valence-electron chi connectivity index (χ3n) is 2.59. The number of fused-ring (bicyclic) bond motifs is 1. The van der Waals surface area contributed by atoms with E-state index in [4.69, 9.17) is 0 Å². The van der Waals surface area contributed by atoms with Crippen molar-refractivity contribution in [1.82, 2.24) is 19.7 Å². The molecule has 2 aromatic heterocycles. The van der Waals surface area contributed by atoms with Gasteiger partial charge in [0, 0.05) is 13.2 Å². The van der Waals surface area contributed by atoms with Crippen molar-refractivity contribution in [2.24, 2.45) is 7.05 Å². The van der Waals surface area contributed by atoms with Crippen molar-refractivity contribution in [2.75, 3.05) is 5.32 Å². The molecule has 0 atom stereocenters. The van der Waals surface area contributed by atoms with Crippen molar-refractivity contribution >= 4 is 22.9 Å². The summed E-state index contributed by atoms with van der Waals surface area (Å²) in [5.74, 6) is 0.201. The Labute approximate surface area is 103 Å². The third-order valence-corrected chi connectivity index (χ3v) is 2.59. The van der Waals surface area contributed by atoms with Crippen molar-refractivity contribution in [3.8, 4) is 0 Å². The first kappa shape index (κ1) is 10.5. The Balaban J connectivity index is 1.86. The second-order valence-electron chi connectivity index (χ2n) is 3.96. The minimum atomic E-state index is -0.234. The Kier molecular flexibility index (Phi) is 2.33. The highest BCUT2D eigenvalue weighted by molar-refractivity contribution is 6.03. The maximum absolute atomic E-state index is 11.9. The number of aryl methyl sites for hydroxylation is 1. The van der Waals surface area contributed by atoms with Gasteiger partial charge >= 0.3 is 0 Å². The third kappa shape index (κ3) is 1.84. The number of imidazole rings is 1. The van der Waals surface area contributed by atoms with Crippen LogP contribution in [-0.4, -0.2) is 25.7 Å². The first-order valence-corrected chi connectivity index (χ1v) is 5.47. The van der Waals surface area contributed by atoms with Crippen LogP contribution < -0.4 is 5.32 Å². The number of aromatic nitrogens is 4. The molecular weight excluding hydrogens is 230 g/mol. The smallest absolute Gasteiger partial charge is 0.261 e. The summed E-state index contributed by atoms with van der Waals surface area (Å²) in [6, 6.07) is 7.59. The molecule has 0 aliphatic carbocycles.